The molecule has 2 aliphatic rings. The maximum absolute atomic E-state index is 12.3. The Bertz CT molecular complexity index is 1380. The minimum absolute atomic E-state index is 0.133. The molecule has 0 saturated heterocycles. The average Bonchev–Trinajstić information content (AvgIpc) is 3.67. The predicted molar refractivity (Wildman–Crippen MR) is 116 cm³/mol. The Kier molecular flexibility index (Phi) is 4.31. The van der Waals surface area contributed by atoms with Gasteiger partial charge in [0, 0.05) is 41.2 Å². The van der Waals surface area contributed by atoms with E-state index >= 15 is 0 Å². The summed E-state index contributed by atoms with van der Waals surface area (Å²) in [5.74, 6) is 2.51. The van der Waals surface area contributed by atoms with E-state index in [2.05, 4.69) is 27.1 Å². The van der Waals surface area contributed by atoms with Crippen molar-refractivity contribution in [3.05, 3.63) is 82.3 Å². The Morgan fingerprint density at radius 1 is 1.03 bits per heavy atom. The number of hydrogen-bond acceptors (Lipinski definition) is 7. The molecule has 8 nitrogen and oxygen atoms in total. The largest absolute Gasteiger partial charge is 0.484 e. The topological polar surface area (TPSA) is 87.8 Å². The smallest absolute Gasteiger partial charge is 0.260 e. The molecule has 1 atom stereocenters. The van der Waals surface area contributed by atoms with Crippen LogP contribution in [0.5, 0.6) is 23.1 Å². The summed E-state index contributed by atoms with van der Waals surface area (Å²) < 4.78 is 19.3. The molecular weight excluding hydrogens is 408 g/mol. The SMILES string of the molecule is Cc1cnc2ccc(Oc3cnc4c(c3)OC[C@@H](c3ccc(C5CC5)nc3)O4)cn2c1=O. The summed E-state index contributed by atoms with van der Waals surface area (Å²) in [4.78, 5) is 25.5. The third kappa shape index (κ3) is 3.43. The van der Waals surface area contributed by atoms with Crippen LogP contribution in [0.4, 0.5) is 0 Å². The fraction of sp³-hybridized carbons (Fsp3) is 0.250. The van der Waals surface area contributed by atoms with Crippen LogP contribution in [-0.2, 0) is 0 Å². The Hall–Kier alpha value is -3.94. The van der Waals surface area contributed by atoms with E-state index < -0.39 is 0 Å². The highest BCUT2D eigenvalue weighted by molar-refractivity contribution is 5.45. The summed E-state index contributed by atoms with van der Waals surface area (Å²) >= 11 is 0. The second kappa shape index (κ2) is 7.33. The molecule has 0 N–H and O–H groups in total. The predicted octanol–water partition coefficient (Wildman–Crippen LogP) is 3.98. The number of nitrogens with zero attached hydrogens (tertiary/aromatic N) is 4. The van der Waals surface area contributed by atoms with Crippen LogP contribution in [0.1, 0.15) is 41.7 Å². The third-order valence-corrected chi connectivity index (χ3v) is 5.70. The Balaban J connectivity index is 1.21. The van der Waals surface area contributed by atoms with Crippen LogP contribution < -0.4 is 19.8 Å². The van der Waals surface area contributed by atoms with Gasteiger partial charge in [-0.2, -0.15) is 0 Å². The lowest BCUT2D eigenvalue weighted by molar-refractivity contribution is 0.0844. The lowest BCUT2D eigenvalue weighted by atomic mass is 10.1. The minimum Gasteiger partial charge on any atom is -0.484 e. The molecule has 4 aromatic heterocycles. The molecule has 0 bridgehead atoms. The summed E-state index contributed by atoms with van der Waals surface area (Å²) in [6.45, 7) is 2.09. The molecule has 160 valence electrons. The molecule has 1 aliphatic heterocycles. The Labute approximate surface area is 183 Å². The summed E-state index contributed by atoms with van der Waals surface area (Å²) in [5.41, 5.74) is 3.10. The van der Waals surface area contributed by atoms with Crippen molar-refractivity contribution in [2.75, 3.05) is 6.61 Å². The Morgan fingerprint density at radius 2 is 1.94 bits per heavy atom. The molecule has 0 radical (unpaired) electrons. The van der Waals surface area contributed by atoms with Gasteiger partial charge in [0.2, 0.25) is 0 Å². The van der Waals surface area contributed by atoms with Gasteiger partial charge in [-0.1, -0.05) is 6.07 Å². The number of aromatic nitrogens is 4. The van der Waals surface area contributed by atoms with Crippen molar-refractivity contribution in [2.24, 2.45) is 0 Å². The van der Waals surface area contributed by atoms with E-state index in [1.165, 1.54) is 17.2 Å². The third-order valence-electron chi connectivity index (χ3n) is 5.70. The molecule has 5 heterocycles. The van der Waals surface area contributed by atoms with Gasteiger partial charge in [-0.25, -0.2) is 9.97 Å². The van der Waals surface area contributed by atoms with E-state index in [1.54, 1.807) is 43.7 Å². The number of hydrogen-bond donors (Lipinski definition) is 0. The molecule has 32 heavy (non-hydrogen) atoms. The van der Waals surface area contributed by atoms with Crippen LogP contribution in [0.25, 0.3) is 5.65 Å². The van der Waals surface area contributed by atoms with Gasteiger partial charge in [0.25, 0.3) is 11.4 Å². The van der Waals surface area contributed by atoms with Gasteiger partial charge in [-0.05, 0) is 38.0 Å². The monoisotopic (exact) mass is 428 g/mol. The lowest BCUT2D eigenvalue weighted by Gasteiger charge is -2.26. The molecule has 1 aliphatic carbocycles. The molecule has 0 unspecified atom stereocenters. The first-order chi connectivity index (χ1) is 15.6. The normalized spacial score (nSPS) is 17.3. The second-order valence-corrected chi connectivity index (χ2v) is 8.12. The highest BCUT2D eigenvalue weighted by Crippen LogP contribution is 2.40. The zero-order valence-electron chi connectivity index (χ0n) is 17.4. The van der Waals surface area contributed by atoms with Crippen LogP contribution in [-0.4, -0.2) is 26.0 Å². The van der Waals surface area contributed by atoms with E-state index in [1.807, 2.05) is 6.20 Å². The number of ether oxygens (including phenoxy) is 3. The number of rotatable bonds is 4. The second-order valence-electron chi connectivity index (χ2n) is 8.12. The first-order valence-electron chi connectivity index (χ1n) is 10.6. The van der Waals surface area contributed by atoms with E-state index in [-0.39, 0.29) is 11.7 Å². The van der Waals surface area contributed by atoms with Crippen LogP contribution in [0.3, 0.4) is 0 Å². The van der Waals surface area contributed by atoms with Crippen molar-refractivity contribution in [2.45, 2.75) is 31.8 Å². The molecule has 0 aromatic carbocycles. The molecule has 0 spiro atoms. The number of aryl methyl sites for hydroxylation is 1. The standard InChI is InChI=1S/C24H20N4O4/c1-14-9-26-22-7-5-17(12-28(22)24(14)29)31-18-8-20-23(27-11-18)32-21(13-30-20)16-4-6-19(25-10-16)15-2-3-15/h4-12,15,21H,2-3,13H2,1H3/t21-/m0/s1. The lowest BCUT2D eigenvalue weighted by Crippen LogP contribution is -2.22. The molecule has 1 fully saturated rings. The number of pyridine rings is 3. The number of fused-ring (bicyclic) bond motifs is 2. The molecule has 0 amide bonds. The van der Waals surface area contributed by atoms with Crippen LogP contribution in [0.2, 0.25) is 0 Å². The van der Waals surface area contributed by atoms with E-state index in [4.69, 9.17) is 14.2 Å². The van der Waals surface area contributed by atoms with Gasteiger partial charge in [0.15, 0.2) is 11.9 Å². The zero-order chi connectivity index (χ0) is 21.7. The van der Waals surface area contributed by atoms with Gasteiger partial charge in [0.1, 0.15) is 23.8 Å². The maximum Gasteiger partial charge on any atom is 0.260 e. The van der Waals surface area contributed by atoms with Crippen molar-refractivity contribution < 1.29 is 14.2 Å². The minimum atomic E-state index is -0.259. The fourth-order valence-electron chi connectivity index (χ4n) is 3.73. The van der Waals surface area contributed by atoms with Gasteiger partial charge < -0.3 is 14.2 Å². The summed E-state index contributed by atoms with van der Waals surface area (Å²) in [5, 5.41) is 0. The summed E-state index contributed by atoms with van der Waals surface area (Å²) in [6.07, 6.45) is 8.80. The fourth-order valence-corrected chi connectivity index (χ4v) is 3.73. The quantitative estimate of drug-likeness (QED) is 0.486. The van der Waals surface area contributed by atoms with E-state index in [0.29, 0.717) is 46.9 Å². The van der Waals surface area contributed by atoms with Crippen molar-refractivity contribution >= 4 is 5.65 Å². The van der Waals surface area contributed by atoms with Crippen LogP contribution in [0, 0.1) is 6.92 Å². The van der Waals surface area contributed by atoms with E-state index in [9.17, 15) is 4.79 Å². The van der Waals surface area contributed by atoms with Gasteiger partial charge >= 0.3 is 0 Å². The highest BCUT2D eigenvalue weighted by Gasteiger charge is 2.27. The zero-order valence-corrected chi connectivity index (χ0v) is 17.4. The summed E-state index contributed by atoms with van der Waals surface area (Å²) in [7, 11) is 0. The maximum atomic E-state index is 12.3. The van der Waals surface area contributed by atoms with Crippen LogP contribution >= 0.6 is 0 Å². The van der Waals surface area contributed by atoms with Crippen molar-refractivity contribution in [1.82, 2.24) is 19.4 Å². The molecule has 6 rings (SSSR count). The van der Waals surface area contributed by atoms with Crippen molar-refractivity contribution in [3.63, 3.8) is 0 Å². The highest BCUT2D eigenvalue weighted by atomic mass is 16.6. The van der Waals surface area contributed by atoms with Crippen molar-refractivity contribution in [3.8, 4) is 23.1 Å². The van der Waals surface area contributed by atoms with Crippen molar-refractivity contribution in [1.29, 1.82) is 0 Å². The van der Waals surface area contributed by atoms with Gasteiger partial charge in [-0.3, -0.25) is 14.2 Å². The van der Waals surface area contributed by atoms with Gasteiger partial charge in [-0.15, -0.1) is 0 Å². The molecule has 8 heteroatoms. The van der Waals surface area contributed by atoms with E-state index in [0.717, 1.165) is 11.3 Å². The average molecular weight is 428 g/mol. The first kappa shape index (κ1) is 18.8. The van der Waals surface area contributed by atoms with Gasteiger partial charge in [0.05, 0.1) is 12.4 Å². The Morgan fingerprint density at radius 3 is 2.75 bits per heavy atom. The molecule has 4 aromatic rings. The molecular formula is C24H20N4O4. The molecule has 1 saturated carbocycles. The summed E-state index contributed by atoms with van der Waals surface area (Å²) in [6, 6.07) is 9.34. The van der Waals surface area contributed by atoms with Crippen LogP contribution in [0.15, 0.2) is 59.9 Å². The first-order valence-corrected chi connectivity index (χ1v) is 10.6.